The minimum absolute atomic E-state index is 0.249. The first-order valence-electron chi connectivity index (χ1n) is 25.6. The van der Waals surface area contributed by atoms with Gasteiger partial charge >= 0.3 is 0 Å². The predicted molar refractivity (Wildman–Crippen MR) is 249 cm³/mol. The molecule has 0 aliphatic carbocycles. The number of unbranched alkanes of at least 4 members (excludes halogenated alkanes) is 24. The van der Waals surface area contributed by atoms with Crippen LogP contribution in [0, 0.1) is 0 Å². The van der Waals surface area contributed by atoms with Crippen LogP contribution < -0.4 is 5.32 Å². The second-order valence-corrected chi connectivity index (χ2v) is 18.3. The third-order valence-electron chi connectivity index (χ3n) is 12.6. The average Bonchev–Trinajstić information content (AvgIpc) is 3.29. The van der Waals surface area contributed by atoms with E-state index >= 15 is 0 Å². The van der Waals surface area contributed by atoms with Crippen LogP contribution in [0.3, 0.4) is 0 Å². The summed E-state index contributed by atoms with van der Waals surface area (Å²) < 4.78 is 22.7. The Balaban J connectivity index is 1.87. The highest BCUT2D eigenvalue weighted by Crippen LogP contribution is 2.30. The lowest BCUT2D eigenvalue weighted by Crippen LogP contribution is -2.65. The van der Waals surface area contributed by atoms with Gasteiger partial charge in [0.2, 0.25) is 5.91 Å². The maximum absolute atomic E-state index is 13.2. The third-order valence-corrected chi connectivity index (χ3v) is 12.6. The second-order valence-electron chi connectivity index (χ2n) is 18.3. The molecule has 376 valence electrons. The molecule has 0 spiro atoms. The highest BCUT2D eigenvalue weighted by Gasteiger charge is 2.51. The molecule has 12 unspecified atom stereocenters. The van der Waals surface area contributed by atoms with Gasteiger partial charge in [-0.25, -0.2) is 0 Å². The van der Waals surface area contributed by atoms with Gasteiger partial charge in [-0.1, -0.05) is 179 Å². The number of nitrogens with one attached hydrogen (secondary N) is 1. The summed E-state index contributed by atoms with van der Waals surface area (Å²) in [6.45, 7) is 2.76. The van der Waals surface area contributed by atoms with E-state index < -0.39 is 86.8 Å². The number of rotatable bonds is 39. The van der Waals surface area contributed by atoms with E-state index in [9.17, 15) is 45.6 Å². The Labute approximate surface area is 386 Å². The number of carbonyl (C=O) groups excluding carboxylic acids is 1. The van der Waals surface area contributed by atoms with Gasteiger partial charge < -0.3 is 65.1 Å². The summed E-state index contributed by atoms with van der Waals surface area (Å²) in [5.41, 5.74) is 0. The first kappa shape index (κ1) is 58.6. The van der Waals surface area contributed by atoms with Crippen LogP contribution in [0.25, 0.3) is 0 Å². The zero-order valence-corrected chi connectivity index (χ0v) is 39.8. The molecule has 14 nitrogen and oxygen atoms in total. The second kappa shape index (κ2) is 37.5. The molecule has 0 aromatic rings. The summed E-state index contributed by atoms with van der Waals surface area (Å²) in [7, 11) is 0. The number of hydrogen-bond acceptors (Lipinski definition) is 13. The fourth-order valence-corrected chi connectivity index (χ4v) is 8.42. The molecule has 0 bridgehead atoms. The number of hydrogen-bond donors (Lipinski definition) is 9. The van der Waals surface area contributed by atoms with Crippen LogP contribution in [0.2, 0.25) is 0 Å². The minimum atomic E-state index is -1.79. The molecule has 2 fully saturated rings. The Hall–Kier alpha value is -1.53. The van der Waals surface area contributed by atoms with E-state index in [1.165, 1.54) is 128 Å². The van der Waals surface area contributed by atoms with Crippen LogP contribution in [0.1, 0.15) is 194 Å². The summed E-state index contributed by atoms with van der Waals surface area (Å²) in [6.07, 6.45) is 23.6. The molecule has 1 amide bonds. The van der Waals surface area contributed by atoms with Crippen molar-refractivity contribution in [2.75, 3.05) is 19.8 Å². The van der Waals surface area contributed by atoms with E-state index in [0.717, 1.165) is 32.1 Å². The molecule has 2 heterocycles. The summed E-state index contributed by atoms with van der Waals surface area (Å²) in [4.78, 5) is 13.2. The van der Waals surface area contributed by atoms with E-state index in [1.54, 1.807) is 6.08 Å². The predicted octanol–water partition coefficient (Wildman–Crippen LogP) is 6.55. The summed E-state index contributed by atoms with van der Waals surface area (Å²) in [5.74, 6) is -0.249. The van der Waals surface area contributed by atoms with E-state index in [1.807, 2.05) is 6.08 Å². The van der Waals surface area contributed by atoms with E-state index in [4.69, 9.17) is 18.9 Å². The number of carbonyl (C=O) groups is 1. The smallest absolute Gasteiger partial charge is 0.220 e. The van der Waals surface area contributed by atoms with Gasteiger partial charge in [-0.05, 0) is 32.1 Å². The van der Waals surface area contributed by atoms with Gasteiger partial charge in [0.05, 0.1) is 32.0 Å². The molecule has 12 atom stereocenters. The van der Waals surface area contributed by atoms with Crippen LogP contribution >= 0.6 is 0 Å². The van der Waals surface area contributed by atoms with Crippen LogP contribution in [0.5, 0.6) is 0 Å². The van der Waals surface area contributed by atoms with Crippen LogP contribution in [0.4, 0.5) is 0 Å². The molecule has 0 aromatic heterocycles. The zero-order chi connectivity index (χ0) is 46.8. The van der Waals surface area contributed by atoms with Gasteiger partial charge in [0, 0.05) is 6.42 Å². The Morgan fingerprint density at radius 3 is 1.53 bits per heavy atom. The number of aliphatic hydroxyl groups excluding tert-OH is 8. The molecular formula is C50H93NO13. The number of aliphatic hydroxyl groups is 8. The standard InChI is InChI=1S/C50H93NO13/c1-3-5-7-9-11-13-15-17-19-20-21-23-25-27-29-31-33-39(54)38(51-42(55)34-32-30-28-26-24-22-18-16-14-12-10-8-6-4-2)37-61-49-47(60)45(58)48(41(36-53)63-49)64-50-46(59)44(57)43(56)40(35-52)62-50/h23,25,31,33,38-41,43-50,52-54,56-60H,3-22,24,26-30,32,34-37H2,1-2H3,(H,51,55)/b25-23+,33-31+. The monoisotopic (exact) mass is 916 g/mol. The van der Waals surface area contributed by atoms with E-state index in [-0.39, 0.29) is 18.9 Å². The molecular weight excluding hydrogens is 823 g/mol. The lowest BCUT2D eigenvalue weighted by atomic mass is 9.97. The Morgan fingerprint density at radius 1 is 0.547 bits per heavy atom. The first-order valence-corrected chi connectivity index (χ1v) is 25.6. The normalized spacial score (nSPS) is 27.4. The molecule has 14 heteroatoms. The van der Waals surface area contributed by atoms with Gasteiger partial charge in [0.15, 0.2) is 12.6 Å². The van der Waals surface area contributed by atoms with Crippen LogP contribution in [-0.2, 0) is 23.7 Å². The molecule has 2 rings (SSSR count). The third kappa shape index (κ3) is 24.5. The van der Waals surface area contributed by atoms with Crippen molar-refractivity contribution in [2.45, 2.75) is 267 Å². The SMILES string of the molecule is CCCCCCCCCCCC/C=C/CC/C=C/C(O)C(COC1OC(CO)C(OC2OC(CO)C(O)C(O)C2O)C(O)C1O)NC(=O)CCCCCCCCCCCCCCCC. The minimum Gasteiger partial charge on any atom is -0.394 e. The van der Waals surface area contributed by atoms with Crippen molar-refractivity contribution in [2.24, 2.45) is 0 Å². The van der Waals surface area contributed by atoms with Crippen molar-refractivity contribution in [1.82, 2.24) is 5.32 Å². The largest absolute Gasteiger partial charge is 0.394 e. The van der Waals surface area contributed by atoms with Crippen LogP contribution in [0.15, 0.2) is 24.3 Å². The van der Waals surface area contributed by atoms with E-state index in [2.05, 4.69) is 31.3 Å². The maximum atomic E-state index is 13.2. The van der Waals surface area contributed by atoms with Gasteiger partial charge in [-0.3, -0.25) is 4.79 Å². The fourth-order valence-electron chi connectivity index (χ4n) is 8.42. The quantitative estimate of drug-likeness (QED) is 0.0236. The van der Waals surface area contributed by atoms with Gasteiger partial charge in [-0.15, -0.1) is 0 Å². The molecule has 0 radical (unpaired) electrons. The number of allylic oxidation sites excluding steroid dienone is 3. The highest BCUT2D eigenvalue weighted by molar-refractivity contribution is 5.76. The summed E-state index contributed by atoms with van der Waals surface area (Å²) >= 11 is 0. The number of amides is 1. The molecule has 2 aliphatic rings. The lowest BCUT2D eigenvalue weighted by molar-refractivity contribution is -0.359. The molecule has 64 heavy (non-hydrogen) atoms. The van der Waals surface area contributed by atoms with Gasteiger partial charge in [0.25, 0.3) is 0 Å². The Morgan fingerprint density at radius 2 is 1.00 bits per heavy atom. The maximum Gasteiger partial charge on any atom is 0.220 e. The van der Waals surface area contributed by atoms with Gasteiger partial charge in [-0.2, -0.15) is 0 Å². The van der Waals surface area contributed by atoms with Crippen LogP contribution in [-0.4, -0.2) is 140 Å². The van der Waals surface area contributed by atoms with Gasteiger partial charge in [0.1, 0.15) is 48.8 Å². The lowest BCUT2D eigenvalue weighted by Gasteiger charge is -2.46. The van der Waals surface area contributed by atoms with Crippen molar-refractivity contribution in [3.8, 4) is 0 Å². The Bertz CT molecular complexity index is 1170. The van der Waals surface area contributed by atoms with Crippen molar-refractivity contribution < 1.29 is 64.6 Å². The van der Waals surface area contributed by atoms with Crippen molar-refractivity contribution in [1.29, 1.82) is 0 Å². The topological polar surface area (TPSA) is 228 Å². The Kier molecular flexibility index (Phi) is 34.3. The summed E-state index contributed by atoms with van der Waals surface area (Å²) in [5, 5.41) is 86.7. The summed E-state index contributed by atoms with van der Waals surface area (Å²) in [6, 6.07) is -0.925. The average molecular weight is 916 g/mol. The molecule has 0 aromatic carbocycles. The first-order chi connectivity index (χ1) is 31.1. The van der Waals surface area contributed by atoms with Crippen molar-refractivity contribution in [3.05, 3.63) is 24.3 Å². The number of ether oxygens (including phenoxy) is 4. The van der Waals surface area contributed by atoms with Crippen molar-refractivity contribution >= 4 is 5.91 Å². The highest BCUT2D eigenvalue weighted by atomic mass is 16.7. The van der Waals surface area contributed by atoms with Crippen molar-refractivity contribution in [3.63, 3.8) is 0 Å². The zero-order valence-electron chi connectivity index (χ0n) is 39.8. The molecule has 9 N–H and O–H groups in total. The molecule has 0 saturated carbocycles. The molecule has 2 saturated heterocycles. The molecule has 2 aliphatic heterocycles. The van der Waals surface area contributed by atoms with E-state index in [0.29, 0.717) is 12.8 Å². The fraction of sp³-hybridized carbons (Fsp3) is 0.900.